The summed E-state index contributed by atoms with van der Waals surface area (Å²) in [4.78, 5) is 0. The Labute approximate surface area is 92.0 Å². The van der Waals surface area contributed by atoms with Crippen LogP contribution in [0.1, 0.15) is 30.4 Å². The summed E-state index contributed by atoms with van der Waals surface area (Å²) in [6, 6.07) is 8.71. The second-order valence-electron chi connectivity index (χ2n) is 3.81. The van der Waals surface area contributed by atoms with Crippen molar-refractivity contribution in [3.05, 3.63) is 35.4 Å². The highest BCUT2D eigenvalue weighted by Crippen LogP contribution is 2.08. The number of nitrogens with one attached hydrogen (secondary N) is 1. The summed E-state index contributed by atoms with van der Waals surface area (Å²) in [5, 5.41) is 6.92. The zero-order valence-corrected chi connectivity index (χ0v) is 9.21. The standard InChI is InChI=1S/C13H20N2/c14-10-3-1-2-4-12-5-7-13(8-6-12)9-11-15/h5-8,10,14H,1-4,9,11,15H2. The van der Waals surface area contributed by atoms with Gasteiger partial charge < -0.3 is 11.1 Å². The van der Waals surface area contributed by atoms with Crippen molar-refractivity contribution in [1.29, 1.82) is 5.41 Å². The van der Waals surface area contributed by atoms with Crippen LogP contribution in [0.4, 0.5) is 0 Å². The van der Waals surface area contributed by atoms with Gasteiger partial charge in [-0.05, 0) is 56.0 Å². The molecule has 0 amide bonds. The lowest BCUT2D eigenvalue weighted by atomic mass is 10.0. The van der Waals surface area contributed by atoms with Crippen LogP contribution in [0.2, 0.25) is 0 Å². The molecule has 0 aliphatic rings. The van der Waals surface area contributed by atoms with E-state index in [-0.39, 0.29) is 0 Å². The molecule has 0 aromatic heterocycles. The molecule has 0 atom stereocenters. The number of unbranched alkanes of at least 4 members (excludes halogenated alkanes) is 2. The lowest BCUT2D eigenvalue weighted by molar-refractivity contribution is 0.765. The molecule has 0 aliphatic heterocycles. The third-order valence-corrected chi connectivity index (χ3v) is 2.52. The maximum atomic E-state index is 6.92. The van der Waals surface area contributed by atoms with Crippen molar-refractivity contribution in [2.45, 2.75) is 32.1 Å². The number of benzene rings is 1. The van der Waals surface area contributed by atoms with E-state index in [1.165, 1.54) is 23.8 Å². The van der Waals surface area contributed by atoms with Gasteiger partial charge in [-0.1, -0.05) is 24.3 Å². The summed E-state index contributed by atoms with van der Waals surface area (Å²) < 4.78 is 0. The SMILES string of the molecule is N=CCCCCc1ccc(CCN)cc1. The third-order valence-electron chi connectivity index (χ3n) is 2.52. The van der Waals surface area contributed by atoms with Crippen molar-refractivity contribution in [1.82, 2.24) is 0 Å². The maximum absolute atomic E-state index is 6.92. The lowest BCUT2D eigenvalue weighted by Gasteiger charge is -2.02. The van der Waals surface area contributed by atoms with E-state index in [4.69, 9.17) is 11.1 Å². The van der Waals surface area contributed by atoms with E-state index in [1.54, 1.807) is 0 Å². The Kier molecular flexibility index (Phi) is 5.71. The Hall–Kier alpha value is -1.15. The van der Waals surface area contributed by atoms with Crippen LogP contribution in [0.5, 0.6) is 0 Å². The summed E-state index contributed by atoms with van der Waals surface area (Å²) in [6.07, 6.45) is 6.78. The van der Waals surface area contributed by atoms with Gasteiger partial charge in [0.2, 0.25) is 0 Å². The average molecular weight is 204 g/mol. The minimum absolute atomic E-state index is 0.721. The van der Waals surface area contributed by atoms with E-state index in [0.717, 1.165) is 32.2 Å². The van der Waals surface area contributed by atoms with Crippen LogP contribution in [0, 0.1) is 5.41 Å². The van der Waals surface area contributed by atoms with Crippen molar-refractivity contribution in [3.8, 4) is 0 Å². The van der Waals surface area contributed by atoms with Crippen LogP contribution in [-0.4, -0.2) is 12.8 Å². The van der Waals surface area contributed by atoms with Gasteiger partial charge in [0.1, 0.15) is 0 Å². The van der Waals surface area contributed by atoms with Crippen LogP contribution in [-0.2, 0) is 12.8 Å². The van der Waals surface area contributed by atoms with Gasteiger partial charge in [0.05, 0.1) is 0 Å². The topological polar surface area (TPSA) is 49.9 Å². The zero-order chi connectivity index (χ0) is 10.9. The summed E-state index contributed by atoms with van der Waals surface area (Å²) in [7, 11) is 0. The highest BCUT2D eigenvalue weighted by atomic mass is 14.5. The maximum Gasteiger partial charge on any atom is -0.00367 e. The predicted octanol–water partition coefficient (Wildman–Crippen LogP) is 2.55. The molecule has 0 bridgehead atoms. The summed E-state index contributed by atoms with van der Waals surface area (Å²) in [5.41, 5.74) is 8.20. The molecule has 0 unspecified atom stereocenters. The molecule has 2 heteroatoms. The smallest absolute Gasteiger partial charge is 0.00367 e. The molecule has 82 valence electrons. The molecule has 1 aromatic carbocycles. The number of nitrogens with two attached hydrogens (primary N) is 1. The minimum Gasteiger partial charge on any atom is -0.330 e. The van der Waals surface area contributed by atoms with E-state index in [0.29, 0.717) is 0 Å². The molecule has 0 saturated carbocycles. The van der Waals surface area contributed by atoms with Crippen molar-refractivity contribution >= 4 is 6.21 Å². The zero-order valence-electron chi connectivity index (χ0n) is 9.21. The van der Waals surface area contributed by atoms with Crippen LogP contribution < -0.4 is 5.73 Å². The van der Waals surface area contributed by atoms with Crippen LogP contribution >= 0.6 is 0 Å². The molecule has 15 heavy (non-hydrogen) atoms. The first-order valence-corrected chi connectivity index (χ1v) is 5.63. The van der Waals surface area contributed by atoms with Gasteiger partial charge in [-0.3, -0.25) is 0 Å². The van der Waals surface area contributed by atoms with Gasteiger partial charge in [-0.2, -0.15) is 0 Å². The largest absolute Gasteiger partial charge is 0.330 e. The number of hydrogen-bond acceptors (Lipinski definition) is 2. The van der Waals surface area contributed by atoms with Gasteiger partial charge in [-0.15, -0.1) is 0 Å². The van der Waals surface area contributed by atoms with Gasteiger partial charge in [0, 0.05) is 0 Å². The van der Waals surface area contributed by atoms with Gasteiger partial charge in [0.25, 0.3) is 0 Å². The Bertz CT molecular complexity index is 277. The Morgan fingerprint density at radius 2 is 1.60 bits per heavy atom. The monoisotopic (exact) mass is 204 g/mol. The van der Waals surface area contributed by atoms with Gasteiger partial charge >= 0.3 is 0 Å². The first kappa shape index (κ1) is 11.9. The second-order valence-corrected chi connectivity index (χ2v) is 3.81. The first-order chi connectivity index (χ1) is 7.36. The predicted molar refractivity (Wildman–Crippen MR) is 65.5 cm³/mol. The van der Waals surface area contributed by atoms with Crippen molar-refractivity contribution in [2.75, 3.05) is 6.54 Å². The van der Waals surface area contributed by atoms with Crippen LogP contribution in [0.3, 0.4) is 0 Å². The highest BCUT2D eigenvalue weighted by Gasteiger charge is 1.94. The normalized spacial score (nSPS) is 10.2. The minimum atomic E-state index is 0.721. The molecule has 0 heterocycles. The number of rotatable bonds is 7. The second kappa shape index (κ2) is 7.18. The molecule has 0 radical (unpaired) electrons. The van der Waals surface area contributed by atoms with E-state index in [2.05, 4.69) is 24.3 Å². The summed E-state index contributed by atoms with van der Waals surface area (Å²) >= 11 is 0. The van der Waals surface area contributed by atoms with E-state index < -0.39 is 0 Å². The molecular formula is C13H20N2. The molecule has 3 N–H and O–H groups in total. The van der Waals surface area contributed by atoms with Crippen molar-refractivity contribution in [3.63, 3.8) is 0 Å². The average Bonchev–Trinajstić information content (AvgIpc) is 2.27. The fraction of sp³-hybridized carbons (Fsp3) is 0.462. The fourth-order valence-electron chi connectivity index (χ4n) is 1.61. The molecule has 0 aliphatic carbocycles. The van der Waals surface area contributed by atoms with Crippen molar-refractivity contribution in [2.24, 2.45) is 5.73 Å². The number of hydrogen-bond donors (Lipinski definition) is 2. The number of aryl methyl sites for hydroxylation is 1. The molecule has 1 rings (SSSR count). The van der Waals surface area contributed by atoms with Crippen molar-refractivity contribution < 1.29 is 0 Å². The van der Waals surface area contributed by atoms with E-state index in [1.807, 2.05) is 0 Å². The molecular weight excluding hydrogens is 184 g/mol. The fourth-order valence-corrected chi connectivity index (χ4v) is 1.61. The van der Waals surface area contributed by atoms with E-state index in [9.17, 15) is 0 Å². The third kappa shape index (κ3) is 4.75. The molecule has 0 saturated heterocycles. The molecule has 2 nitrogen and oxygen atoms in total. The molecule has 0 fully saturated rings. The van der Waals surface area contributed by atoms with Crippen LogP contribution in [0.15, 0.2) is 24.3 Å². The molecule has 0 spiro atoms. The van der Waals surface area contributed by atoms with E-state index >= 15 is 0 Å². The molecule has 1 aromatic rings. The highest BCUT2D eigenvalue weighted by molar-refractivity contribution is 5.52. The van der Waals surface area contributed by atoms with Gasteiger partial charge in [0.15, 0.2) is 0 Å². The van der Waals surface area contributed by atoms with Gasteiger partial charge in [-0.25, -0.2) is 0 Å². The quantitative estimate of drug-likeness (QED) is 0.520. The Balaban J connectivity index is 2.32. The summed E-state index contributed by atoms with van der Waals surface area (Å²) in [6.45, 7) is 0.721. The Morgan fingerprint density at radius 3 is 2.13 bits per heavy atom. The lowest BCUT2D eigenvalue weighted by Crippen LogP contribution is -2.02. The summed E-state index contributed by atoms with van der Waals surface area (Å²) in [5.74, 6) is 0. The van der Waals surface area contributed by atoms with Crippen LogP contribution in [0.25, 0.3) is 0 Å². The first-order valence-electron chi connectivity index (χ1n) is 5.63. The Morgan fingerprint density at radius 1 is 1.00 bits per heavy atom.